The molecule has 0 radical (unpaired) electrons. The number of hydrogen-bond donors (Lipinski definition) is 1. The van der Waals surface area contributed by atoms with Crippen molar-refractivity contribution >= 4 is 34.9 Å². The summed E-state index contributed by atoms with van der Waals surface area (Å²) >= 11 is 11.4. The molecular formula is C15H12ClFN2S. The number of H-pyrrole nitrogens is 1. The number of benzene rings is 2. The van der Waals surface area contributed by atoms with Crippen molar-refractivity contribution in [2.24, 2.45) is 0 Å². The van der Waals surface area contributed by atoms with Crippen LogP contribution in [0.4, 0.5) is 4.39 Å². The molecule has 0 bridgehead atoms. The monoisotopic (exact) mass is 306 g/mol. The van der Waals surface area contributed by atoms with E-state index in [0.29, 0.717) is 9.79 Å². The van der Waals surface area contributed by atoms with Crippen molar-refractivity contribution in [1.82, 2.24) is 9.55 Å². The van der Waals surface area contributed by atoms with E-state index in [-0.39, 0.29) is 5.82 Å². The number of aromatic amines is 1. The van der Waals surface area contributed by atoms with Gasteiger partial charge in [-0.1, -0.05) is 23.7 Å². The normalized spacial score (nSPS) is 11.1. The minimum absolute atomic E-state index is 0.218. The number of nitrogens with one attached hydrogen (secondary N) is 1. The third-order valence-electron chi connectivity index (χ3n) is 3.27. The zero-order valence-electron chi connectivity index (χ0n) is 10.6. The van der Waals surface area contributed by atoms with Crippen molar-refractivity contribution in [3.63, 3.8) is 0 Å². The molecule has 0 saturated carbocycles. The largest absolute Gasteiger partial charge is 0.331 e. The van der Waals surface area contributed by atoms with Gasteiger partial charge in [0.05, 0.1) is 11.0 Å². The van der Waals surface area contributed by atoms with Crippen molar-refractivity contribution in [3.05, 3.63) is 63.6 Å². The Balaban J connectivity index is 1.90. The Kier molecular flexibility index (Phi) is 3.59. The van der Waals surface area contributed by atoms with E-state index in [1.54, 1.807) is 12.1 Å². The van der Waals surface area contributed by atoms with Gasteiger partial charge in [-0.3, -0.25) is 0 Å². The second-order valence-electron chi connectivity index (χ2n) is 4.62. The fraction of sp³-hybridized carbons (Fsp3) is 0.133. The molecule has 5 heteroatoms. The van der Waals surface area contributed by atoms with Gasteiger partial charge in [0.1, 0.15) is 5.82 Å². The molecule has 102 valence electrons. The van der Waals surface area contributed by atoms with Crippen LogP contribution in [0.2, 0.25) is 5.02 Å². The quantitative estimate of drug-likeness (QED) is 0.694. The highest BCUT2D eigenvalue weighted by Gasteiger charge is 2.05. The van der Waals surface area contributed by atoms with Crippen molar-refractivity contribution in [1.29, 1.82) is 0 Å². The molecule has 2 aromatic carbocycles. The van der Waals surface area contributed by atoms with Crippen LogP contribution in [0.5, 0.6) is 0 Å². The van der Waals surface area contributed by atoms with Gasteiger partial charge in [-0.05, 0) is 54.5 Å². The molecule has 0 fully saturated rings. The van der Waals surface area contributed by atoms with Gasteiger partial charge in [0.15, 0.2) is 4.77 Å². The summed E-state index contributed by atoms with van der Waals surface area (Å²) in [6.45, 7) is 0.727. The van der Waals surface area contributed by atoms with E-state index in [9.17, 15) is 4.39 Å². The Morgan fingerprint density at radius 3 is 2.65 bits per heavy atom. The topological polar surface area (TPSA) is 20.7 Å². The molecule has 0 unspecified atom stereocenters. The second-order valence-corrected chi connectivity index (χ2v) is 5.44. The van der Waals surface area contributed by atoms with Crippen LogP contribution in [-0.2, 0) is 13.0 Å². The predicted octanol–water partition coefficient (Wildman–Crippen LogP) is 4.73. The summed E-state index contributed by atoms with van der Waals surface area (Å²) in [4.78, 5) is 3.16. The fourth-order valence-electron chi connectivity index (χ4n) is 2.24. The van der Waals surface area contributed by atoms with E-state index in [0.717, 1.165) is 29.6 Å². The van der Waals surface area contributed by atoms with Crippen LogP contribution in [0, 0.1) is 10.6 Å². The number of rotatable bonds is 3. The van der Waals surface area contributed by atoms with E-state index >= 15 is 0 Å². The molecule has 0 aliphatic heterocycles. The Hall–Kier alpha value is -1.65. The van der Waals surface area contributed by atoms with E-state index in [2.05, 4.69) is 4.98 Å². The number of nitrogens with zero attached hydrogens (tertiary/aromatic N) is 1. The van der Waals surface area contributed by atoms with E-state index in [1.165, 1.54) is 12.1 Å². The van der Waals surface area contributed by atoms with E-state index in [1.807, 2.05) is 22.8 Å². The average molecular weight is 307 g/mol. The highest BCUT2D eigenvalue weighted by molar-refractivity contribution is 7.71. The molecule has 0 saturated heterocycles. The lowest BCUT2D eigenvalue weighted by molar-refractivity contribution is 0.625. The number of imidazole rings is 1. The van der Waals surface area contributed by atoms with Gasteiger partial charge >= 0.3 is 0 Å². The Morgan fingerprint density at radius 1 is 1.15 bits per heavy atom. The van der Waals surface area contributed by atoms with Crippen LogP contribution in [0.1, 0.15) is 5.56 Å². The van der Waals surface area contributed by atoms with E-state index < -0.39 is 0 Å². The van der Waals surface area contributed by atoms with Gasteiger partial charge < -0.3 is 9.55 Å². The zero-order valence-corrected chi connectivity index (χ0v) is 12.1. The first-order valence-electron chi connectivity index (χ1n) is 6.26. The molecule has 1 aromatic heterocycles. The Labute approximate surface area is 125 Å². The molecule has 0 amide bonds. The molecule has 0 aliphatic carbocycles. The van der Waals surface area contributed by atoms with Crippen LogP contribution in [0.25, 0.3) is 11.0 Å². The third kappa shape index (κ3) is 2.62. The number of fused-ring (bicyclic) bond motifs is 1. The number of aromatic nitrogens is 2. The minimum Gasteiger partial charge on any atom is -0.331 e. The predicted molar refractivity (Wildman–Crippen MR) is 82.2 cm³/mol. The number of halogens is 2. The van der Waals surface area contributed by atoms with Crippen LogP contribution < -0.4 is 0 Å². The lowest BCUT2D eigenvalue weighted by Crippen LogP contribution is -2.01. The molecule has 2 nitrogen and oxygen atoms in total. The lowest BCUT2D eigenvalue weighted by Gasteiger charge is -2.05. The van der Waals surface area contributed by atoms with Gasteiger partial charge in [-0.2, -0.15) is 0 Å². The molecule has 1 heterocycles. The fourth-order valence-corrected chi connectivity index (χ4v) is 2.71. The maximum atomic E-state index is 12.9. The Morgan fingerprint density at radius 2 is 1.90 bits per heavy atom. The standard InChI is InChI=1S/C15H12ClFN2S/c16-11-3-6-13-14(9-11)19(15(20)18-13)8-7-10-1-4-12(17)5-2-10/h1-6,9H,7-8H2,(H,18,20). The summed E-state index contributed by atoms with van der Waals surface area (Å²) in [5.41, 5.74) is 3.03. The molecule has 1 N–H and O–H groups in total. The molecular weight excluding hydrogens is 295 g/mol. The second kappa shape index (κ2) is 5.38. The number of hydrogen-bond acceptors (Lipinski definition) is 1. The average Bonchev–Trinajstić information content (AvgIpc) is 2.73. The van der Waals surface area contributed by atoms with Crippen LogP contribution in [0.3, 0.4) is 0 Å². The third-order valence-corrected chi connectivity index (χ3v) is 3.83. The number of aryl methyl sites for hydroxylation is 2. The summed E-state index contributed by atoms with van der Waals surface area (Å²) in [5, 5.41) is 0.682. The van der Waals surface area contributed by atoms with Gasteiger partial charge in [0, 0.05) is 11.6 Å². The van der Waals surface area contributed by atoms with Crippen molar-refractivity contribution in [3.8, 4) is 0 Å². The zero-order chi connectivity index (χ0) is 14.1. The molecule has 3 aromatic rings. The molecule has 0 atom stereocenters. The summed E-state index contributed by atoms with van der Waals surface area (Å²) in [6.07, 6.45) is 0.786. The van der Waals surface area contributed by atoms with Crippen molar-refractivity contribution < 1.29 is 4.39 Å². The first kappa shape index (κ1) is 13.3. The van der Waals surface area contributed by atoms with Gasteiger partial charge in [0.25, 0.3) is 0 Å². The van der Waals surface area contributed by atoms with Crippen LogP contribution >= 0.6 is 23.8 Å². The van der Waals surface area contributed by atoms with Gasteiger partial charge in [-0.25, -0.2) is 4.39 Å². The lowest BCUT2D eigenvalue weighted by atomic mass is 10.1. The van der Waals surface area contributed by atoms with Gasteiger partial charge in [0.2, 0.25) is 0 Å². The van der Waals surface area contributed by atoms with Crippen molar-refractivity contribution in [2.45, 2.75) is 13.0 Å². The molecule has 0 aliphatic rings. The highest BCUT2D eigenvalue weighted by Crippen LogP contribution is 2.19. The summed E-state index contributed by atoms with van der Waals surface area (Å²) in [7, 11) is 0. The van der Waals surface area contributed by atoms with Crippen molar-refractivity contribution in [2.75, 3.05) is 0 Å². The van der Waals surface area contributed by atoms with Crippen LogP contribution in [-0.4, -0.2) is 9.55 Å². The highest BCUT2D eigenvalue weighted by atomic mass is 35.5. The molecule has 20 heavy (non-hydrogen) atoms. The molecule has 3 rings (SSSR count). The maximum Gasteiger partial charge on any atom is 0.178 e. The first-order chi connectivity index (χ1) is 9.63. The molecule has 0 spiro atoms. The minimum atomic E-state index is -0.218. The Bertz CT molecular complexity index is 805. The summed E-state index contributed by atoms with van der Waals surface area (Å²) < 4.78 is 15.6. The smallest absolute Gasteiger partial charge is 0.178 e. The van der Waals surface area contributed by atoms with Gasteiger partial charge in [-0.15, -0.1) is 0 Å². The summed E-state index contributed by atoms with van der Waals surface area (Å²) in [6, 6.07) is 12.2. The maximum absolute atomic E-state index is 12.9. The van der Waals surface area contributed by atoms with Crippen LogP contribution in [0.15, 0.2) is 42.5 Å². The SMILES string of the molecule is Fc1ccc(CCn2c(=S)[nH]c3ccc(Cl)cc32)cc1. The van der Waals surface area contributed by atoms with E-state index in [4.69, 9.17) is 23.8 Å². The first-order valence-corrected chi connectivity index (χ1v) is 7.04. The summed E-state index contributed by atoms with van der Waals surface area (Å²) in [5.74, 6) is -0.218.